The Kier molecular flexibility index (Phi) is 5.60. The second kappa shape index (κ2) is 7.76. The van der Waals surface area contributed by atoms with Crippen molar-refractivity contribution >= 4 is 28.8 Å². The molecule has 1 atom stereocenters. The van der Waals surface area contributed by atoms with Gasteiger partial charge in [0.25, 0.3) is 0 Å². The van der Waals surface area contributed by atoms with E-state index in [1.165, 1.54) is 16.9 Å². The maximum absolute atomic E-state index is 12.3. The van der Waals surface area contributed by atoms with Crippen LogP contribution >= 0.6 is 11.3 Å². The van der Waals surface area contributed by atoms with Crippen molar-refractivity contribution in [3.05, 3.63) is 34.3 Å². The largest absolute Gasteiger partial charge is 0.492 e. The summed E-state index contributed by atoms with van der Waals surface area (Å²) >= 11 is 1.46. The summed E-state index contributed by atoms with van der Waals surface area (Å²) in [7, 11) is 2.11. The fourth-order valence-electron chi connectivity index (χ4n) is 3.56. The summed E-state index contributed by atoms with van der Waals surface area (Å²) in [6.07, 6.45) is 2.22. The molecule has 0 radical (unpaired) electrons. The number of nitrogens with one attached hydrogen (secondary N) is 1. The fourth-order valence-corrected chi connectivity index (χ4v) is 4.09. The fraction of sp³-hybridized carbons (Fsp3) is 0.500. The summed E-state index contributed by atoms with van der Waals surface area (Å²) < 4.78 is 11.1. The zero-order valence-electron chi connectivity index (χ0n) is 16.5. The number of nitrogens with zero attached hydrogens (tertiary/aromatic N) is 2. The van der Waals surface area contributed by atoms with E-state index in [1.54, 1.807) is 6.20 Å². The van der Waals surface area contributed by atoms with E-state index < -0.39 is 6.09 Å². The van der Waals surface area contributed by atoms with Gasteiger partial charge in [-0.1, -0.05) is 6.92 Å². The van der Waals surface area contributed by atoms with Crippen molar-refractivity contribution in [2.75, 3.05) is 23.9 Å². The summed E-state index contributed by atoms with van der Waals surface area (Å²) in [6.45, 7) is 9.32. The van der Waals surface area contributed by atoms with Gasteiger partial charge >= 0.3 is 6.09 Å². The average molecular weight is 390 g/mol. The van der Waals surface area contributed by atoms with Gasteiger partial charge in [0.15, 0.2) is 0 Å². The second-order valence-electron chi connectivity index (χ2n) is 7.44. The molecule has 1 aliphatic heterocycles. The zero-order valence-corrected chi connectivity index (χ0v) is 17.4. The molecule has 0 bridgehead atoms. The standard InChI is InChI=1S/C20H27N3O3S/c1-6-25-17-10-16-14(13(2)11-20(3,4)23(16)5)9-15(17)22-19(24)26-12-18-21-7-8-27-18/h7-10,13H,6,11-12H2,1-5H3,(H,22,24). The smallest absolute Gasteiger partial charge is 0.412 e. The Morgan fingerprint density at radius 1 is 1.44 bits per heavy atom. The first-order valence-corrected chi connectivity index (χ1v) is 10.1. The van der Waals surface area contributed by atoms with E-state index in [1.807, 2.05) is 24.4 Å². The number of rotatable bonds is 5. The third-order valence-corrected chi connectivity index (χ3v) is 5.83. The molecule has 1 aromatic heterocycles. The lowest BCUT2D eigenvalue weighted by Crippen LogP contribution is -2.45. The molecule has 7 heteroatoms. The molecule has 0 aliphatic carbocycles. The summed E-state index contributed by atoms with van der Waals surface area (Å²) in [4.78, 5) is 18.7. The molecule has 6 nitrogen and oxygen atoms in total. The van der Waals surface area contributed by atoms with Crippen LogP contribution in [0.4, 0.5) is 16.2 Å². The average Bonchev–Trinajstić information content (AvgIpc) is 3.12. The molecular weight excluding hydrogens is 362 g/mol. The lowest BCUT2D eigenvalue weighted by molar-refractivity contribution is 0.155. The molecule has 0 fully saturated rings. The van der Waals surface area contributed by atoms with Gasteiger partial charge in [-0.3, -0.25) is 5.32 Å². The van der Waals surface area contributed by atoms with Gasteiger partial charge in [-0.15, -0.1) is 11.3 Å². The van der Waals surface area contributed by atoms with Gasteiger partial charge in [-0.2, -0.15) is 0 Å². The minimum absolute atomic E-state index is 0.0669. The summed E-state index contributed by atoms with van der Waals surface area (Å²) in [5.41, 5.74) is 3.05. The van der Waals surface area contributed by atoms with Crippen LogP contribution in [0.2, 0.25) is 0 Å². The Hall–Kier alpha value is -2.28. The molecule has 0 saturated carbocycles. The van der Waals surface area contributed by atoms with E-state index in [0.717, 1.165) is 17.1 Å². The van der Waals surface area contributed by atoms with E-state index in [4.69, 9.17) is 9.47 Å². The molecule has 1 N–H and O–H groups in total. The number of aromatic nitrogens is 1. The van der Waals surface area contributed by atoms with Crippen molar-refractivity contribution in [2.24, 2.45) is 0 Å². The van der Waals surface area contributed by atoms with Gasteiger partial charge in [0, 0.05) is 35.9 Å². The molecule has 2 aromatic rings. The number of thiazole rings is 1. The molecular formula is C20H27N3O3S. The topological polar surface area (TPSA) is 63.7 Å². The highest BCUT2D eigenvalue weighted by Gasteiger charge is 2.35. The van der Waals surface area contributed by atoms with Crippen LogP contribution in [0.25, 0.3) is 0 Å². The molecule has 1 aromatic carbocycles. The Morgan fingerprint density at radius 3 is 2.89 bits per heavy atom. The third kappa shape index (κ3) is 4.18. The van der Waals surface area contributed by atoms with Crippen LogP contribution in [0, 0.1) is 0 Å². The van der Waals surface area contributed by atoms with Gasteiger partial charge in [-0.25, -0.2) is 9.78 Å². The first-order chi connectivity index (χ1) is 12.8. The van der Waals surface area contributed by atoms with Crippen molar-refractivity contribution in [3.8, 4) is 5.75 Å². The summed E-state index contributed by atoms with van der Waals surface area (Å²) in [6, 6.07) is 4.04. The Balaban J connectivity index is 1.84. The van der Waals surface area contributed by atoms with E-state index in [-0.39, 0.29) is 12.1 Å². The Labute approximate surface area is 164 Å². The number of fused-ring (bicyclic) bond motifs is 1. The number of carbonyl (C=O) groups excluding carboxylic acids is 1. The normalized spacial score (nSPS) is 18.0. The van der Waals surface area contributed by atoms with E-state index >= 15 is 0 Å². The van der Waals surface area contributed by atoms with Crippen LogP contribution in [-0.2, 0) is 11.3 Å². The minimum Gasteiger partial charge on any atom is -0.492 e. The highest BCUT2D eigenvalue weighted by molar-refractivity contribution is 7.09. The van der Waals surface area contributed by atoms with Crippen molar-refractivity contribution < 1.29 is 14.3 Å². The zero-order chi connectivity index (χ0) is 19.6. The third-order valence-electron chi connectivity index (χ3n) is 5.08. The molecule has 1 unspecified atom stereocenters. The minimum atomic E-state index is -0.511. The highest BCUT2D eigenvalue weighted by Crippen LogP contribution is 2.46. The lowest BCUT2D eigenvalue weighted by Gasteiger charge is -2.45. The van der Waals surface area contributed by atoms with Gasteiger partial charge in [0.1, 0.15) is 17.4 Å². The molecule has 3 rings (SSSR count). The van der Waals surface area contributed by atoms with E-state index in [9.17, 15) is 4.79 Å². The summed E-state index contributed by atoms with van der Waals surface area (Å²) in [5.74, 6) is 1.04. The maximum atomic E-state index is 12.3. The summed E-state index contributed by atoms with van der Waals surface area (Å²) in [5, 5.41) is 5.45. The highest BCUT2D eigenvalue weighted by atomic mass is 32.1. The Morgan fingerprint density at radius 2 is 2.22 bits per heavy atom. The molecule has 27 heavy (non-hydrogen) atoms. The van der Waals surface area contributed by atoms with E-state index in [0.29, 0.717) is 24.0 Å². The number of benzene rings is 1. The number of carbonyl (C=O) groups is 1. The SMILES string of the molecule is CCOc1cc2c(cc1NC(=O)OCc1nccs1)C(C)CC(C)(C)N2C. The molecule has 0 saturated heterocycles. The van der Waals surface area contributed by atoms with Crippen molar-refractivity contribution in [1.82, 2.24) is 4.98 Å². The predicted molar refractivity (Wildman–Crippen MR) is 109 cm³/mol. The van der Waals surface area contributed by atoms with Gasteiger partial charge in [-0.05, 0) is 44.7 Å². The number of ether oxygens (including phenoxy) is 2. The predicted octanol–water partition coefficient (Wildman–Crippen LogP) is 5.01. The number of amides is 1. The van der Waals surface area contributed by atoms with Crippen molar-refractivity contribution in [3.63, 3.8) is 0 Å². The lowest BCUT2D eigenvalue weighted by atomic mass is 9.80. The van der Waals surface area contributed by atoms with Crippen LogP contribution in [0.5, 0.6) is 5.75 Å². The van der Waals surface area contributed by atoms with Crippen LogP contribution < -0.4 is 15.0 Å². The molecule has 0 spiro atoms. The van der Waals surface area contributed by atoms with Gasteiger partial charge < -0.3 is 14.4 Å². The number of hydrogen-bond donors (Lipinski definition) is 1. The van der Waals surface area contributed by atoms with E-state index in [2.05, 4.69) is 43.0 Å². The first kappa shape index (κ1) is 19.5. The first-order valence-electron chi connectivity index (χ1n) is 9.18. The van der Waals surface area contributed by atoms with Crippen LogP contribution in [0.15, 0.2) is 23.7 Å². The molecule has 2 heterocycles. The van der Waals surface area contributed by atoms with Crippen LogP contribution in [0.1, 0.15) is 50.6 Å². The second-order valence-corrected chi connectivity index (χ2v) is 8.42. The van der Waals surface area contributed by atoms with Gasteiger partial charge in [0.05, 0.1) is 12.3 Å². The Bertz CT molecular complexity index is 805. The van der Waals surface area contributed by atoms with Crippen molar-refractivity contribution in [2.45, 2.75) is 52.2 Å². The number of hydrogen-bond acceptors (Lipinski definition) is 6. The van der Waals surface area contributed by atoms with Crippen LogP contribution in [-0.4, -0.2) is 30.3 Å². The van der Waals surface area contributed by atoms with Gasteiger partial charge in [0.2, 0.25) is 0 Å². The number of anilines is 2. The quantitative estimate of drug-likeness (QED) is 0.778. The maximum Gasteiger partial charge on any atom is 0.412 e. The molecule has 1 amide bonds. The monoisotopic (exact) mass is 389 g/mol. The van der Waals surface area contributed by atoms with Crippen molar-refractivity contribution in [1.29, 1.82) is 0 Å². The molecule has 1 aliphatic rings. The van der Waals surface area contributed by atoms with Crippen LogP contribution in [0.3, 0.4) is 0 Å². The molecule has 146 valence electrons.